The Morgan fingerprint density at radius 2 is 2.46 bits per heavy atom. The lowest BCUT2D eigenvalue weighted by Crippen LogP contribution is -1.95. The van der Waals surface area contributed by atoms with Gasteiger partial charge in [0.1, 0.15) is 4.88 Å². The second kappa shape index (κ2) is 4.65. The summed E-state index contributed by atoms with van der Waals surface area (Å²) in [7, 11) is 0. The molecular weight excluding hydrogens is 186 g/mol. The van der Waals surface area contributed by atoms with Gasteiger partial charge in [-0.15, -0.1) is 11.3 Å². The maximum Gasteiger partial charge on any atom is 0.345 e. The van der Waals surface area contributed by atoms with Crippen LogP contribution in [0, 0.1) is 11.8 Å². The van der Waals surface area contributed by atoms with Crippen molar-refractivity contribution in [3.8, 4) is 11.8 Å². The molecule has 0 aromatic carbocycles. The van der Waals surface area contributed by atoms with Crippen LogP contribution in [0.25, 0.3) is 0 Å². The SMILES string of the molecule is NCCC#Cc1csc(C(=O)O)c1. The third-order valence-electron chi connectivity index (χ3n) is 1.31. The van der Waals surface area contributed by atoms with E-state index in [4.69, 9.17) is 10.8 Å². The highest BCUT2D eigenvalue weighted by Gasteiger charge is 2.04. The molecule has 1 aromatic heterocycles. The summed E-state index contributed by atoms with van der Waals surface area (Å²) in [5.74, 6) is 4.77. The standard InChI is InChI=1S/C9H9NO2S/c10-4-2-1-3-7-5-8(9(11)12)13-6-7/h5-6H,2,4,10H2,(H,11,12). The third-order valence-corrected chi connectivity index (χ3v) is 2.23. The van der Waals surface area contributed by atoms with Crippen LogP contribution in [0.3, 0.4) is 0 Å². The van der Waals surface area contributed by atoms with Crippen molar-refractivity contribution in [3.05, 3.63) is 21.9 Å². The van der Waals surface area contributed by atoms with Crippen LogP contribution in [-0.4, -0.2) is 17.6 Å². The molecule has 68 valence electrons. The molecule has 0 radical (unpaired) electrons. The molecule has 0 spiro atoms. The number of carboxylic acid groups (broad SMARTS) is 1. The van der Waals surface area contributed by atoms with Gasteiger partial charge in [0, 0.05) is 23.9 Å². The van der Waals surface area contributed by atoms with Gasteiger partial charge in [0.25, 0.3) is 0 Å². The van der Waals surface area contributed by atoms with Gasteiger partial charge in [-0.3, -0.25) is 0 Å². The summed E-state index contributed by atoms with van der Waals surface area (Å²) in [6, 6.07) is 1.57. The molecule has 13 heavy (non-hydrogen) atoms. The summed E-state index contributed by atoms with van der Waals surface area (Å²) < 4.78 is 0. The Morgan fingerprint density at radius 1 is 1.69 bits per heavy atom. The largest absolute Gasteiger partial charge is 0.477 e. The minimum Gasteiger partial charge on any atom is -0.477 e. The molecule has 4 heteroatoms. The van der Waals surface area contributed by atoms with E-state index in [0.29, 0.717) is 17.8 Å². The summed E-state index contributed by atoms with van der Waals surface area (Å²) >= 11 is 1.18. The Labute approximate surface area is 80.2 Å². The van der Waals surface area contributed by atoms with Crippen LogP contribution in [0.2, 0.25) is 0 Å². The van der Waals surface area contributed by atoms with Crippen molar-refractivity contribution in [1.29, 1.82) is 0 Å². The summed E-state index contributed by atoms with van der Waals surface area (Å²) in [5.41, 5.74) is 6.00. The monoisotopic (exact) mass is 195 g/mol. The molecule has 0 fully saturated rings. The van der Waals surface area contributed by atoms with Gasteiger partial charge in [-0.25, -0.2) is 4.79 Å². The van der Waals surface area contributed by atoms with Crippen LogP contribution in [-0.2, 0) is 0 Å². The lowest BCUT2D eigenvalue weighted by atomic mass is 10.3. The van der Waals surface area contributed by atoms with E-state index in [2.05, 4.69) is 11.8 Å². The summed E-state index contributed by atoms with van der Waals surface area (Å²) in [6.07, 6.45) is 0.637. The average Bonchev–Trinajstić information content (AvgIpc) is 2.53. The quantitative estimate of drug-likeness (QED) is 0.696. The number of hydrogen-bond donors (Lipinski definition) is 2. The predicted octanol–water partition coefficient (Wildman–Crippen LogP) is 1.15. The molecule has 1 heterocycles. The van der Waals surface area contributed by atoms with Gasteiger partial charge < -0.3 is 10.8 Å². The highest BCUT2D eigenvalue weighted by atomic mass is 32.1. The Balaban J connectivity index is 2.71. The molecule has 0 aliphatic heterocycles. The second-order valence-corrected chi connectivity index (χ2v) is 3.26. The molecule has 0 unspecified atom stereocenters. The number of carbonyl (C=O) groups is 1. The molecule has 0 saturated heterocycles. The lowest BCUT2D eigenvalue weighted by molar-refractivity contribution is 0.0702. The van der Waals surface area contributed by atoms with Crippen molar-refractivity contribution >= 4 is 17.3 Å². The summed E-state index contributed by atoms with van der Waals surface area (Å²) in [4.78, 5) is 10.8. The van der Waals surface area contributed by atoms with Crippen molar-refractivity contribution in [1.82, 2.24) is 0 Å². The number of carboxylic acids is 1. The van der Waals surface area contributed by atoms with Gasteiger partial charge in [0.05, 0.1) is 0 Å². The zero-order valence-electron chi connectivity index (χ0n) is 6.91. The van der Waals surface area contributed by atoms with E-state index in [1.165, 1.54) is 11.3 Å². The van der Waals surface area contributed by atoms with Gasteiger partial charge in [-0.2, -0.15) is 0 Å². The van der Waals surface area contributed by atoms with Gasteiger partial charge in [0.2, 0.25) is 0 Å². The van der Waals surface area contributed by atoms with Crippen LogP contribution in [0.1, 0.15) is 21.7 Å². The fourth-order valence-electron chi connectivity index (χ4n) is 0.751. The fraction of sp³-hybridized carbons (Fsp3) is 0.222. The second-order valence-electron chi connectivity index (χ2n) is 2.35. The molecule has 0 bridgehead atoms. The van der Waals surface area contributed by atoms with Gasteiger partial charge in [-0.05, 0) is 6.07 Å². The number of hydrogen-bond acceptors (Lipinski definition) is 3. The van der Waals surface area contributed by atoms with Crippen molar-refractivity contribution in [2.75, 3.05) is 6.54 Å². The number of aromatic carboxylic acids is 1. The van der Waals surface area contributed by atoms with Crippen molar-refractivity contribution in [3.63, 3.8) is 0 Å². The molecule has 0 amide bonds. The molecular formula is C9H9NO2S. The zero-order chi connectivity index (χ0) is 9.68. The third kappa shape index (κ3) is 2.90. The van der Waals surface area contributed by atoms with E-state index in [9.17, 15) is 4.79 Å². The Hall–Kier alpha value is -1.31. The molecule has 0 aliphatic carbocycles. The van der Waals surface area contributed by atoms with Crippen molar-refractivity contribution < 1.29 is 9.90 Å². The van der Waals surface area contributed by atoms with Gasteiger partial charge in [0.15, 0.2) is 0 Å². The first kappa shape index (κ1) is 9.78. The Bertz CT molecular complexity index is 359. The number of thiophene rings is 1. The smallest absolute Gasteiger partial charge is 0.345 e. The van der Waals surface area contributed by atoms with E-state index in [1.54, 1.807) is 11.4 Å². The molecule has 0 saturated carbocycles. The van der Waals surface area contributed by atoms with Crippen LogP contribution in [0.5, 0.6) is 0 Å². The minimum atomic E-state index is -0.906. The van der Waals surface area contributed by atoms with Crippen molar-refractivity contribution in [2.45, 2.75) is 6.42 Å². The number of nitrogens with two attached hydrogens (primary N) is 1. The highest BCUT2D eigenvalue weighted by molar-refractivity contribution is 7.12. The first-order valence-corrected chi connectivity index (χ1v) is 4.63. The van der Waals surface area contributed by atoms with E-state index < -0.39 is 5.97 Å². The Kier molecular flexibility index (Phi) is 3.50. The maximum absolute atomic E-state index is 10.5. The minimum absolute atomic E-state index is 0.317. The molecule has 3 N–H and O–H groups in total. The summed E-state index contributed by atoms with van der Waals surface area (Å²) in [6.45, 7) is 0.531. The van der Waals surface area contributed by atoms with Crippen molar-refractivity contribution in [2.24, 2.45) is 5.73 Å². The van der Waals surface area contributed by atoms with Crippen LogP contribution in [0.15, 0.2) is 11.4 Å². The van der Waals surface area contributed by atoms with Crippen LogP contribution >= 0.6 is 11.3 Å². The summed E-state index contributed by atoms with van der Waals surface area (Å²) in [5, 5.41) is 10.3. The van der Waals surface area contributed by atoms with E-state index in [-0.39, 0.29) is 0 Å². The predicted molar refractivity (Wildman–Crippen MR) is 51.8 cm³/mol. The first-order chi connectivity index (χ1) is 6.24. The maximum atomic E-state index is 10.5. The van der Waals surface area contributed by atoms with Crippen LogP contribution < -0.4 is 5.73 Å². The van der Waals surface area contributed by atoms with Crippen LogP contribution in [0.4, 0.5) is 0 Å². The van der Waals surface area contributed by atoms with Gasteiger partial charge in [-0.1, -0.05) is 11.8 Å². The number of rotatable bonds is 2. The van der Waals surface area contributed by atoms with E-state index in [1.807, 2.05) is 0 Å². The fourth-order valence-corrected chi connectivity index (χ4v) is 1.43. The normalized spacial score (nSPS) is 9.00. The molecule has 1 aromatic rings. The lowest BCUT2D eigenvalue weighted by Gasteiger charge is -1.81. The molecule has 0 aliphatic rings. The Morgan fingerprint density at radius 3 is 3.00 bits per heavy atom. The molecule has 1 rings (SSSR count). The zero-order valence-corrected chi connectivity index (χ0v) is 7.73. The molecule has 3 nitrogen and oxygen atoms in total. The topological polar surface area (TPSA) is 63.3 Å². The van der Waals surface area contributed by atoms with Gasteiger partial charge >= 0.3 is 5.97 Å². The molecule has 0 atom stereocenters. The van der Waals surface area contributed by atoms with E-state index in [0.717, 1.165) is 5.56 Å². The average molecular weight is 195 g/mol. The first-order valence-electron chi connectivity index (χ1n) is 3.75. The highest BCUT2D eigenvalue weighted by Crippen LogP contribution is 2.13. The van der Waals surface area contributed by atoms with E-state index >= 15 is 0 Å².